The van der Waals surface area contributed by atoms with Gasteiger partial charge >= 0.3 is 0 Å². The average molecular weight is 288 g/mol. The van der Waals surface area contributed by atoms with Crippen molar-refractivity contribution in [1.29, 1.82) is 0 Å². The van der Waals surface area contributed by atoms with E-state index in [9.17, 15) is 4.79 Å². The lowest BCUT2D eigenvalue weighted by Crippen LogP contribution is -2.39. The normalized spacial score (nSPS) is 21.9. The largest absolute Gasteiger partial charge is 0.385 e. The molecule has 1 aliphatic carbocycles. The molecule has 2 unspecified atom stereocenters. The lowest BCUT2D eigenvalue weighted by atomic mass is 9.86. The van der Waals surface area contributed by atoms with Crippen LogP contribution in [0.25, 0.3) is 0 Å². The second-order valence-corrected chi connectivity index (χ2v) is 6.35. The molecule has 2 rings (SSSR count). The molecular formula is C18H28N2O. The van der Waals surface area contributed by atoms with E-state index in [4.69, 9.17) is 0 Å². The number of hydrogen-bond acceptors (Lipinski definition) is 2. The van der Waals surface area contributed by atoms with Gasteiger partial charge in [-0.3, -0.25) is 4.79 Å². The van der Waals surface area contributed by atoms with Crippen molar-refractivity contribution in [1.82, 2.24) is 4.90 Å². The minimum absolute atomic E-state index is 0.149. The van der Waals surface area contributed by atoms with Crippen LogP contribution in [0.1, 0.15) is 56.3 Å². The van der Waals surface area contributed by atoms with Gasteiger partial charge in [-0.05, 0) is 49.4 Å². The average Bonchev–Trinajstić information content (AvgIpc) is 2.52. The molecule has 0 bridgehead atoms. The molecule has 1 saturated carbocycles. The van der Waals surface area contributed by atoms with Gasteiger partial charge < -0.3 is 10.2 Å². The zero-order valence-corrected chi connectivity index (χ0v) is 13.6. The van der Waals surface area contributed by atoms with E-state index >= 15 is 0 Å². The summed E-state index contributed by atoms with van der Waals surface area (Å²) in [5.41, 5.74) is 1.88. The van der Waals surface area contributed by atoms with Crippen molar-refractivity contribution in [2.24, 2.45) is 5.92 Å². The highest BCUT2D eigenvalue weighted by Crippen LogP contribution is 2.27. The molecule has 0 spiro atoms. The van der Waals surface area contributed by atoms with Gasteiger partial charge in [-0.1, -0.05) is 26.7 Å². The Labute approximate surface area is 128 Å². The van der Waals surface area contributed by atoms with Crippen molar-refractivity contribution >= 4 is 11.6 Å². The molecule has 1 N–H and O–H groups in total. The van der Waals surface area contributed by atoms with Gasteiger partial charge in [-0.25, -0.2) is 0 Å². The van der Waals surface area contributed by atoms with Crippen LogP contribution in [0.15, 0.2) is 24.3 Å². The van der Waals surface area contributed by atoms with Crippen LogP contribution in [-0.2, 0) is 0 Å². The van der Waals surface area contributed by atoms with Gasteiger partial charge in [0.25, 0.3) is 5.91 Å². The van der Waals surface area contributed by atoms with E-state index in [1.165, 1.54) is 12.8 Å². The monoisotopic (exact) mass is 288 g/mol. The zero-order chi connectivity index (χ0) is 15.2. The first-order chi connectivity index (χ1) is 10.1. The van der Waals surface area contributed by atoms with Gasteiger partial charge in [0.1, 0.15) is 0 Å². The Balaban J connectivity index is 1.98. The molecular weight excluding hydrogens is 260 g/mol. The molecule has 1 fully saturated rings. The van der Waals surface area contributed by atoms with Gasteiger partial charge in [0, 0.05) is 30.9 Å². The molecule has 0 heterocycles. The van der Waals surface area contributed by atoms with Crippen LogP contribution in [0, 0.1) is 5.92 Å². The maximum absolute atomic E-state index is 12.6. The Morgan fingerprint density at radius 1 is 1.29 bits per heavy atom. The molecule has 3 nitrogen and oxygen atoms in total. The smallest absolute Gasteiger partial charge is 0.253 e. The van der Waals surface area contributed by atoms with E-state index in [-0.39, 0.29) is 5.91 Å². The Kier molecular flexibility index (Phi) is 5.66. The number of amides is 1. The fourth-order valence-corrected chi connectivity index (χ4v) is 3.12. The maximum Gasteiger partial charge on any atom is 0.253 e. The predicted octanol–water partition coefficient (Wildman–Crippen LogP) is 4.16. The van der Waals surface area contributed by atoms with Gasteiger partial charge in [0.05, 0.1) is 0 Å². The first-order valence-electron chi connectivity index (χ1n) is 8.23. The molecule has 116 valence electrons. The number of hydrogen-bond donors (Lipinski definition) is 1. The van der Waals surface area contributed by atoms with Crippen molar-refractivity contribution in [3.63, 3.8) is 0 Å². The molecule has 0 aliphatic heterocycles. The Morgan fingerprint density at radius 3 is 2.62 bits per heavy atom. The zero-order valence-electron chi connectivity index (χ0n) is 13.6. The lowest BCUT2D eigenvalue weighted by Gasteiger charge is -2.34. The summed E-state index contributed by atoms with van der Waals surface area (Å²) in [7, 11) is 1.95. The second-order valence-electron chi connectivity index (χ2n) is 6.35. The van der Waals surface area contributed by atoms with E-state index in [1.807, 2.05) is 36.2 Å². The number of carbonyl (C=O) groups excluding carboxylic acids is 1. The standard InChI is InChI=1S/C18H28N2O/c1-4-12-19-16-10-8-15(9-11-16)18(21)20(3)17-7-5-6-14(2)13-17/h8-11,14,17,19H,4-7,12-13H2,1-3H3. The molecule has 0 aromatic heterocycles. The highest BCUT2D eigenvalue weighted by Gasteiger charge is 2.25. The van der Waals surface area contributed by atoms with Crippen molar-refractivity contribution in [3.05, 3.63) is 29.8 Å². The molecule has 21 heavy (non-hydrogen) atoms. The first kappa shape index (κ1) is 15.9. The van der Waals surface area contributed by atoms with E-state index in [0.29, 0.717) is 6.04 Å². The Bertz CT molecular complexity index is 455. The number of benzene rings is 1. The highest BCUT2D eigenvalue weighted by molar-refractivity contribution is 5.94. The summed E-state index contributed by atoms with van der Waals surface area (Å²) in [5.74, 6) is 0.885. The van der Waals surface area contributed by atoms with Gasteiger partial charge in [0.2, 0.25) is 0 Å². The molecule has 0 radical (unpaired) electrons. The summed E-state index contributed by atoms with van der Waals surface area (Å²) < 4.78 is 0. The minimum atomic E-state index is 0.149. The lowest BCUT2D eigenvalue weighted by molar-refractivity contribution is 0.0672. The van der Waals surface area contributed by atoms with Gasteiger partial charge in [-0.2, -0.15) is 0 Å². The van der Waals surface area contributed by atoms with Gasteiger partial charge in [0.15, 0.2) is 0 Å². The van der Waals surface area contributed by atoms with E-state index in [2.05, 4.69) is 19.2 Å². The minimum Gasteiger partial charge on any atom is -0.385 e. The fraction of sp³-hybridized carbons (Fsp3) is 0.611. The van der Waals surface area contributed by atoms with Crippen LogP contribution < -0.4 is 5.32 Å². The quantitative estimate of drug-likeness (QED) is 0.882. The molecule has 1 aliphatic rings. The number of nitrogens with zero attached hydrogens (tertiary/aromatic N) is 1. The second kappa shape index (κ2) is 7.48. The first-order valence-corrected chi connectivity index (χ1v) is 8.23. The van der Waals surface area contributed by atoms with Gasteiger partial charge in [-0.15, -0.1) is 0 Å². The van der Waals surface area contributed by atoms with E-state index in [1.54, 1.807) is 0 Å². The van der Waals surface area contributed by atoms with Crippen molar-refractivity contribution in [2.45, 2.75) is 52.0 Å². The summed E-state index contributed by atoms with van der Waals surface area (Å²) in [4.78, 5) is 14.5. The fourth-order valence-electron chi connectivity index (χ4n) is 3.12. The number of nitrogens with one attached hydrogen (secondary N) is 1. The molecule has 2 atom stereocenters. The number of carbonyl (C=O) groups is 1. The van der Waals surface area contributed by atoms with Crippen molar-refractivity contribution in [3.8, 4) is 0 Å². The molecule has 3 heteroatoms. The maximum atomic E-state index is 12.6. The topological polar surface area (TPSA) is 32.3 Å². The number of anilines is 1. The third-order valence-electron chi connectivity index (χ3n) is 4.49. The molecule has 1 aromatic carbocycles. The third-order valence-corrected chi connectivity index (χ3v) is 4.49. The summed E-state index contributed by atoms with van der Waals surface area (Å²) in [6, 6.07) is 8.27. The third kappa shape index (κ3) is 4.23. The van der Waals surface area contributed by atoms with Crippen molar-refractivity contribution in [2.75, 3.05) is 18.9 Å². The van der Waals surface area contributed by atoms with Crippen LogP contribution in [0.2, 0.25) is 0 Å². The molecule has 0 saturated heterocycles. The summed E-state index contributed by atoms with van der Waals surface area (Å²) in [6.07, 6.45) is 5.92. The predicted molar refractivity (Wildman–Crippen MR) is 88.7 cm³/mol. The van der Waals surface area contributed by atoms with Crippen molar-refractivity contribution < 1.29 is 4.79 Å². The summed E-state index contributed by atoms with van der Waals surface area (Å²) >= 11 is 0. The summed E-state index contributed by atoms with van der Waals surface area (Å²) in [5, 5.41) is 3.33. The van der Waals surface area contributed by atoms with Crippen LogP contribution in [0.5, 0.6) is 0 Å². The molecule has 1 amide bonds. The van der Waals surface area contributed by atoms with E-state index in [0.717, 1.165) is 43.0 Å². The van der Waals surface area contributed by atoms with E-state index < -0.39 is 0 Å². The number of rotatable bonds is 5. The Morgan fingerprint density at radius 2 is 2.00 bits per heavy atom. The SMILES string of the molecule is CCCNc1ccc(C(=O)N(C)C2CCCC(C)C2)cc1. The van der Waals surface area contributed by atoms with Crippen LogP contribution >= 0.6 is 0 Å². The van der Waals surface area contributed by atoms with Crippen LogP contribution in [-0.4, -0.2) is 30.4 Å². The Hall–Kier alpha value is -1.51. The van der Waals surface area contributed by atoms with Crippen LogP contribution in [0.3, 0.4) is 0 Å². The highest BCUT2D eigenvalue weighted by atomic mass is 16.2. The molecule has 1 aromatic rings. The van der Waals surface area contributed by atoms with Crippen LogP contribution in [0.4, 0.5) is 5.69 Å². The summed E-state index contributed by atoms with van der Waals surface area (Å²) in [6.45, 7) is 5.40.